The van der Waals surface area contributed by atoms with Gasteiger partial charge in [0.05, 0.1) is 6.42 Å². The van der Waals surface area contributed by atoms with Gasteiger partial charge in [-0.3, -0.25) is 4.79 Å². The summed E-state index contributed by atoms with van der Waals surface area (Å²) in [7, 11) is 0. The minimum Gasteiger partial charge on any atom is -0.358 e. The van der Waals surface area contributed by atoms with Gasteiger partial charge < -0.3 is 10.3 Å². The number of aryl methyl sites for hydroxylation is 2. The van der Waals surface area contributed by atoms with Crippen LogP contribution in [0.15, 0.2) is 18.2 Å². The van der Waals surface area contributed by atoms with E-state index < -0.39 is 25.0 Å². The third-order valence-electron chi connectivity index (χ3n) is 3.26. The van der Waals surface area contributed by atoms with E-state index in [0.717, 1.165) is 22.2 Å². The highest BCUT2D eigenvalue weighted by Crippen LogP contribution is 2.22. The van der Waals surface area contributed by atoms with E-state index in [-0.39, 0.29) is 0 Å². The molecule has 2 rings (SSSR count). The maximum Gasteiger partial charge on any atom is 0.390 e. The predicted octanol–water partition coefficient (Wildman–Crippen LogP) is 3.47. The number of nitrogens with one attached hydrogen (secondary N) is 2. The molecule has 0 spiro atoms. The molecule has 0 unspecified atom stereocenters. The Balaban J connectivity index is 2.12. The number of hydrogen-bond donors (Lipinski definition) is 2. The van der Waals surface area contributed by atoms with E-state index in [1.165, 1.54) is 0 Å². The van der Waals surface area contributed by atoms with Crippen LogP contribution >= 0.6 is 0 Å². The van der Waals surface area contributed by atoms with Gasteiger partial charge in [0.1, 0.15) is 0 Å². The summed E-state index contributed by atoms with van der Waals surface area (Å²) in [5.41, 5.74) is 3.31. The number of aromatic nitrogens is 1. The summed E-state index contributed by atoms with van der Waals surface area (Å²) in [6, 6.07) is 5.05. The molecular formula is C14H15F3N2O. The van der Waals surface area contributed by atoms with E-state index in [2.05, 4.69) is 10.3 Å². The standard InChI is InChI=1S/C14H15F3N2O/c1-8-9(2)19-12-4-3-10(7-11(8)12)13(20)18-6-5-14(15,16)17/h3-4,7,19H,5-6H2,1-2H3,(H,18,20). The van der Waals surface area contributed by atoms with Crippen LogP contribution in [0.3, 0.4) is 0 Å². The first-order valence-corrected chi connectivity index (χ1v) is 6.22. The van der Waals surface area contributed by atoms with Crippen LogP contribution in [0.4, 0.5) is 13.2 Å². The minimum absolute atomic E-state index is 0.363. The number of rotatable bonds is 3. The van der Waals surface area contributed by atoms with Crippen LogP contribution in [0.25, 0.3) is 10.9 Å². The van der Waals surface area contributed by atoms with Crippen LogP contribution in [0.5, 0.6) is 0 Å². The molecule has 1 amide bonds. The Kier molecular flexibility index (Phi) is 3.74. The van der Waals surface area contributed by atoms with Gasteiger partial charge in [0, 0.05) is 28.7 Å². The van der Waals surface area contributed by atoms with Crippen LogP contribution in [-0.4, -0.2) is 23.6 Å². The lowest BCUT2D eigenvalue weighted by molar-refractivity contribution is -0.132. The van der Waals surface area contributed by atoms with Gasteiger partial charge in [-0.05, 0) is 37.6 Å². The Morgan fingerprint density at radius 3 is 2.65 bits per heavy atom. The summed E-state index contributed by atoms with van der Waals surface area (Å²) < 4.78 is 36.1. The average molecular weight is 284 g/mol. The topological polar surface area (TPSA) is 44.9 Å². The molecule has 1 aromatic carbocycles. The zero-order chi connectivity index (χ0) is 14.9. The number of H-pyrrole nitrogens is 1. The van der Waals surface area contributed by atoms with E-state index in [4.69, 9.17) is 0 Å². The Morgan fingerprint density at radius 1 is 1.30 bits per heavy atom. The number of carbonyl (C=O) groups excluding carboxylic acids is 1. The SMILES string of the molecule is Cc1[nH]c2ccc(C(=O)NCCC(F)(F)F)cc2c1C. The molecule has 2 aromatic rings. The molecule has 0 saturated carbocycles. The maximum absolute atomic E-state index is 12.0. The van der Waals surface area contributed by atoms with Crippen LogP contribution in [0, 0.1) is 13.8 Å². The molecular weight excluding hydrogens is 269 g/mol. The number of halogens is 3. The van der Waals surface area contributed by atoms with Crippen molar-refractivity contribution in [3.63, 3.8) is 0 Å². The van der Waals surface area contributed by atoms with Gasteiger partial charge in [-0.15, -0.1) is 0 Å². The fourth-order valence-electron chi connectivity index (χ4n) is 2.02. The molecule has 0 aliphatic rings. The third kappa shape index (κ3) is 3.12. The maximum atomic E-state index is 12.0. The molecule has 2 N–H and O–H groups in total. The normalized spacial score (nSPS) is 11.8. The highest BCUT2D eigenvalue weighted by molar-refractivity contribution is 5.99. The van der Waals surface area contributed by atoms with Crippen molar-refractivity contribution in [2.24, 2.45) is 0 Å². The molecule has 3 nitrogen and oxygen atoms in total. The van der Waals surface area contributed by atoms with Crippen molar-refractivity contribution >= 4 is 16.8 Å². The van der Waals surface area contributed by atoms with Gasteiger partial charge in [-0.2, -0.15) is 13.2 Å². The largest absolute Gasteiger partial charge is 0.390 e. The van der Waals surface area contributed by atoms with Gasteiger partial charge >= 0.3 is 6.18 Å². The number of aromatic amines is 1. The molecule has 0 bridgehead atoms. The van der Waals surface area contributed by atoms with Crippen molar-refractivity contribution in [2.45, 2.75) is 26.4 Å². The van der Waals surface area contributed by atoms with Gasteiger partial charge in [0.25, 0.3) is 5.91 Å². The molecule has 6 heteroatoms. The number of fused-ring (bicyclic) bond motifs is 1. The van der Waals surface area contributed by atoms with E-state index in [1.54, 1.807) is 18.2 Å². The Bertz CT molecular complexity index is 644. The highest BCUT2D eigenvalue weighted by Gasteiger charge is 2.26. The summed E-state index contributed by atoms with van der Waals surface area (Å²) in [6.45, 7) is 3.45. The molecule has 1 heterocycles. The quantitative estimate of drug-likeness (QED) is 0.890. The Hall–Kier alpha value is -1.98. The van der Waals surface area contributed by atoms with E-state index in [9.17, 15) is 18.0 Å². The summed E-state index contributed by atoms with van der Waals surface area (Å²) in [4.78, 5) is 15.0. The zero-order valence-electron chi connectivity index (χ0n) is 11.2. The molecule has 0 saturated heterocycles. The number of benzene rings is 1. The predicted molar refractivity (Wildman–Crippen MR) is 70.8 cm³/mol. The Morgan fingerprint density at radius 2 is 2.00 bits per heavy atom. The second kappa shape index (κ2) is 5.19. The number of amides is 1. The van der Waals surface area contributed by atoms with Crippen molar-refractivity contribution < 1.29 is 18.0 Å². The monoisotopic (exact) mass is 284 g/mol. The molecule has 0 radical (unpaired) electrons. The summed E-state index contributed by atoms with van der Waals surface area (Å²) >= 11 is 0. The average Bonchev–Trinajstić information content (AvgIpc) is 2.63. The Labute approximate surface area is 114 Å². The van der Waals surface area contributed by atoms with Crippen molar-refractivity contribution in [3.8, 4) is 0 Å². The van der Waals surface area contributed by atoms with Gasteiger partial charge in [0.15, 0.2) is 0 Å². The van der Waals surface area contributed by atoms with Crippen molar-refractivity contribution in [3.05, 3.63) is 35.0 Å². The van der Waals surface area contributed by atoms with Gasteiger partial charge in [-0.25, -0.2) is 0 Å². The van der Waals surface area contributed by atoms with Crippen molar-refractivity contribution in [1.29, 1.82) is 0 Å². The lowest BCUT2D eigenvalue weighted by Gasteiger charge is -2.08. The van der Waals surface area contributed by atoms with E-state index in [1.807, 2.05) is 13.8 Å². The fraction of sp³-hybridized carbons (Fsp3) is 0.357. The molecule has 20 heavy (non-hydrogen) atoms. The molecule has 1 aromatic heterocycles. The van der Waals surface area contributed by atoms with Crippen molar-refractivity contribution in [1.82, 2.24) is 10.3 Å². The van der Waals surface area contributed by atoms with Crippen LogP contribution < -0.4 is 5.32 Å². The lowest BCUT2D eigenvalue weighted by Crippen LogP contribution is -2.27. The summed E-state index contributed by atoms with van der Waals surface area (Å²) in [5.74, 6) is -0.491. The molecule has 0 atom stereocenters. The third-order valence-corrected chi connectivity index (χ3v) is 3.26. The number of carbonyl (C=O) groups is 1. The van der Waals surface area contributed by atoms with Crippen LogP contribution in [0.2, 0.25) is 0 Å². The number of alkyl halides is 3. The van der Waals surface area contributed by atoms with Crippen LogP contribution in [-0.2, 0) is 0 Å². The molecule has 108 valence electrons. The number of hydrogen-bond acceptors (Lipinski definition) is 1. The highest BCUT2D eigenvalue weighted by atomic mass is 19.4. The molecule has 0 aliphatic heterocycles. The smallest absolute Gasteiger partial charge is 0.358 e. The first kappa shape index (κ1) is 14.4. The summed E-state index contributed by atoms with van der Waals surface area (Å²) in [6.07, 6.45) is -5.28. The minimum atomic E-state index is -4.26. The first-order chi connectivity index (χ1) is 9.28. The van der Waals surface area contributed by atoms with Gasteiger partial charge in [0.2, 0.25) is 0 Å². The molecule has 0 aliphatic carbocycles. The second-order valence-electron chi connectivity index (χ2n) is 4.76. The van der Waals surface area contributed by atoms with E-state index >= 15 is 0 Å². The molecule has 0 fully saturated rings. The zero-order valence-corrected chi connectivity index (χ0v) is 11.2. The van der Waals surface area contributed by atoms with Gasteiger partial charge in [-0.1, -0.05) is 0 Å². The second-order valence-corrected chi connectivity index (χ2v) is 4.76. The van der Waals surface area contributed by atoms with Crippen LogP contribution in [0.1, 0.15) is 28.0 Å². The summed E-state index contributed by atoms with van der Waals surface area (Å²) in [5, 5.41) is 3.19. The lowest BCUT2D eigenvalue weighted by atomic mass is 10.1. The fourth-order valence-corrected chi connectivity index (χ4v) is 2.02. The van der Waals surface area contributed by atoms with E-state index in [0.29, 0.717) is 5.56 Å². The van der Waals surface area contributed by atoms with Crippen molar-refractivity contribution in [2.75, 3.05) is 6.54 Å². The first-order valence-electron chi connectivity index (χ1n) is 6.22.